The Hall–Kier alpha value is -0.930. The smallest absolute Gasteiger partial charge is 0.123 e. The zero-order chi connectivity index (χ0) is 13.5. The van der Waals surface area contributed by atoms with Crippen LogP contribution in [0.25, 0.3) is 0 Å². The second-order valence-corrected chi connectivity index (χ2v) is 5.67. The minimum Gasteiger partial charge on any atom is -0.317 e. The molecule has 0 aliphatic carbocycles. The van der Waals surface area contributed by atoms with Gasteiger partial charge in [-0.05, 0) is 76.0 Å². The van der Waals surface area contributed by atoms with E-state index in [2.05, 4.69) is 17.3 Å². The Labute approximate surface area is 116 Å². The Bertz CT molecular complexity index is 375. The molecule has 0 aromatic heterocycles. The summed E-state index contributed by atoms with van der Waals surface area (Å²) in [5.74, 6) is 0.757. The number of hydrogen-bond acceptors (Lipinski definition) is 2. The highest BCUT2D eigenvalue weighted by atomic mass is 19.1. The monoisotopic (exact) mass is 264 g/mol. The fourth-order valence-electron chi connectivity index (χ4n) is 2.70. The number of benzene rings is 1. The fourth-order valence-corrected chi connectivity index (χ4v) is 2.70. The van der Waals surface area contributed by atoms with Gasteiger partial charge in [0.25, 0.3) is 0 Å². The van der Waals surface area contributed by atoms with E-state index in [0.29, 0.717) is 0 Å². The topological polar surface area (TPSA) is 15.3 Å². The lowest BCUT2D eigenvalue weighted by Crippen LogP contribution is -2.30. The zero-order valence-corrected chi connectivity index (χ0v) is 11.9. The van der Waals surface area contributed by atoms with E-state index >= 15 is 0 Å². The van der Waals surface area contributed by atoms with Gasteiger partial charge in [0.15, 0.2) is 0 Å². The molecular weight excluding hydrogens is 239 g/mol. The SMILES string of the molecule is CN(CCc1cccc(F)c1)CCC1CCNCC1. The van der Waals surface area contributed by atoms with Crippen LogP contribution in [0.15, 0.2) is 24.3 Å². The Kier molecular flexibility index (Phi) is 5.80. The molecule has 1 aromatic rings. The second-order valence-electron chi connectivity index (χ2n) is 5.67. The lowest BCUT2D eigenvalue weighted by molar-refractivity contribution is 0.273. The highest BCUT2D eigenvalue weighted by molar-refractivity contribution is 5.16. The Morgan fingerprint density at radius 1 is 1.26 bits per heavy atom. The summed E-state index contributed by atoms with van der Waals surface area (Å²) in [6.45, 7) is 4.52. The molecule has 1 heterocycles. The first-order chi connectivity index (χ1) is 9.24. The van der Waals surface area contributed by atoms with E-state index in [1.165, 1.54) is 38.4 Å². The number of nitrogens with one attached hydrogen (secondary N) is 1. The van der Waals surface area contributed by atoms with Crippen LogP contribution in [0.5, 0.6) is 0 Å². The van der Waals surface area contributed by atoms with Gasteiger partial charge >= 0.3 is 0 Å². The summed E-state index contributed by atoms with van der Waals surface area (Å²) in [5.41, 5.74) is 1.09. The van der Waals surface area contributed by atoms with E-state index in [4.69, 9.17) is 0 Å². The molecule has 0 unspecified atom stereocenters. The van der Waals surface area contributed by atoms with Gasteiger partial charge in [-0.1, -0.05) is 12.1 Å². The average Bonchev–Trinajstić information content (AvgIpc) is 2.44. The van der Waals surface area contributed by atoms with E-state index in [1.807, 2.05) is 6.07 Å². The molecule has 2 rings (SSSR count). The normalized spacial score (nSPS) is 17.0. The summed E-state index contributed by atoms with van der Waals surface area (Å²) < 4.78 is 13.1. The Balaban J connectivity index is 1.65. The molecule has 1 N–H and O–H groups in total. The first-order valence-corrected chi connectivity index (χ1v) is 7.38. The Morgan fingerprint density at radius 3 is 2.79 bits per heavy atom. The first kappa shape index (κ1) is 14.5. The van der Waals surface area contributed by atoms with E-state index in [0.717, 1.165) is 31.0 Å². The molecule has 0 amide bonds. The first-order valence-electron chi connectivity index (χ1n) is 7.38. The molecule has 1 aromatic carbocycles. The predicted octanol–water partition coefficient (Wildman–Crippen LogP) is 2.69. The van der Waals surface area contributed by atoms with Gasteiger partial charge in [-0.3, -0.25) is 0 Å². The van der Waals surface area contributed by atoms with Crippen LogP contribution in [0, 0.1) is 11.7 Å². The number of piperidine rings is 1. The minimum absolute atomic E-state index is 0.130. The molecule has 19 heavy (non-hydrogen) atoms. The average molecular weight is 264 g/mol. The number of likely N-dealkylation sites (N-methyl/N-ethyl adjacent to an activating group) is 1. The van der Waals surface area contributed by atoms with E-state index in [1.54, 1.807) is 12.1 Å². The van der Waals surface area contributed by atoms with Crippen molar-refractivity contribution in [3.63, 3.8) is 0 Å². The molecule has 1 aliphatic heterocycles. The summed E-state index contributed by atoms with van der Waals surface area (Å²) in [7, 11) is 2.17. The molecule has 1 aliphatic rings. The minimum atomic E-state index is -0.130. The summed E-state index contributed by atoms with van der Waals surface area (Å²) in [6, 6.07) is 6.94. The lowest BCUT2D eigenvalue weighted by Gasteiger charge is -2.25. The largest absolute Gasteiger partial charge is 0.317 e. The molecule has 106 valence electrons. The Morgan fingerprint density at radius 2 is 2.05 bits per heavy atom. The highest BCUT2D eigenvalue weighted by Gasteiger charge is 2.13. The third-order valence-electron chi connectivity index (χ3n) is 4.05. The summed E-state index contributed by atoms with van der Waals surface area (Å²) in [4.78, 5) is 2.37. The van der Waals surface area contributed by atoms with Crippen LogP contribution in [0.3, 0.4) is 0 Å². The quantitative estimate of drug-likeness (QED) is 0.850. The summed E-state index contributed by atoms with van der Waals surface area (Å²) in [6.07, 6.45) is 4.86. The van der Waals surface area contributed by atoms with Crippen LogP contribution in [0.2, 0.25) is 0 Å². The van der Waals surface area contributed by atoms with Crippen molar-refractivity contribution in [2.45, 2.75) is 25.7 Å². The van der Waals surface area contributed by atoms with Crippen molar-refractivity contribution in [1.29, 1.82) is 0 Å². The van der Waals surface area contributed by atoms with Crippen molar-refractivity contribution < 1.29 is 4.39 Å². The van der Waals surface area contributed by atoms with Crippen LogP contribution in [0.1, 0.15) is 24.8 Å². The maximum absolute atomic E-state index is 13.1. The van der Waals surface area contributed by atoms with Crippen molar-refractivity contribution in [2.75, 3.05) is 33.2 Å². The molecule has 0 atom stereocenters. The second kappa shape index (κ2) is 7.61. The summed E-state index contributed by atoms with van der Waals surface area (Å²) >= 11 is 0. The molecule has 2 nitrogen and oxygen atoms in total. The van der Waals surface area contributed by atoms with E-state index in [-0.39, 0.29) is 5.82 Å². The highest BCUT2D eigenvalue weighted by Crippen LogP contribution is 2.16. The molecule has 3 heteroatoms. The van der Waals surface area contributed by atoms with Gasteiger partial charge < -0.3 is 10.2 Å². The molecule has 1 fully saturated rings. The van der Waals surface area contributed by atoms with Gasteiger partial charge in [0.05, 0.1) is 0 Å². The van der Waals surface area contributed by atoms with Gasteiger partial charge in [-0.15, -0.1) is 0 Å². The maximum atomic E-state index is 13.1. The molecule has 1 saturated heterocycles. The number of halogens is 1. The van der Waals surface area contributed by atoms with Crippen molar-refractivity contribution in [3.05, 3.63) is 35.6 Å². The maximum Gasteiger partial charge on any atom is 0.123 e. The van der Waals surface area contributed by atoms with Crippen molar-refractivity contribution in [1.82, 2.24) is 10.2 Å². The van der Waals surface area contributed by atoms with Crippen LogP contribution in [-0.4, -0.2) is 38.1 Å². The van der Waals surface area contributed by atoms with E-state index in [9.17, 15) is 4.39 Å². The molecule has 0 saturated carbocycles. The van der Waals surface area contributed by atoms with Crippen molar-refractivity contribution in [2.24, 2.45) is 5.92 Å². The standard InChI is InChI=1S/C16H25FN2/c1-19(11-7-14-5-9-18-10-6-14)12-8-15-3-2-4-16(17)13-15/h2-4,13-14,18H,5-12H2,1H3. The van der Waals surface area contributed by atoms with Gasteiger partial charge in [-0.25, -0.2) is 4.39 Å². The summed E-state index contributed by atoms with van der Waals surface area (Å²) in [5, 5.41) is 3.41. The van der Waals surface area contributed by atoms with Gasteiger partial charge in [0.1, 0.15) is 5.82 Å². The van der Waals surface area contributed by atoms with E-state index < -0.39 is 0 Å². The van der Waals surface area contributed by atoms with Gasteiger partial charge in [0, 0.05) is 6.54 Å². The molecular formula is C16H25FN2. The third-order valence-corrected chi connectivity index (χ3v) is 4.05. The van der Waals surface area contributed by atoms with Crippen LogP contribution in [-0.2, 0) is 6.42 Å². The van der Waals surface area contributed by atoms with Gasteiger partial charge in [-0.2, -0.15) is 0 Å². The zero-order valence-electron chi connectivity index (χ0n) is 11.9. The third kappa shape index (κ3) is 5.29. The van der Waals surface area contributed by atoms with Crippen LogP contribution in [0.4, 0.5) is 4.39 Å². The predicted molar refractivity (Wildman–Crippen MR) is 77.8 cm³/mol. The fraction of sp³-hybridized carbons (Fsp3) is 0.625. The number of rotatable bonds is 6. The van der Waals surface area contributed by atoms with Crippen molar-refractivity contribution in [3.8, 4) is 0 Å². The van der Waals surface area contributed by atoms with Crippen LogP contribution >= 0.6 is 0 Å². The lowest BCUT2D eigenvalue weighted by atomic mass is 9.94. The number of nitrogens with zero attached hydrogens (tertiary/aromatic N) is 1. The number of hydrogen-bond donors (Lipinski definition) is 1. The molecule has 0 bridgehead atoms. The van der Waals surface area contributed by atoms with Gasteiger partial charge in [0.2, 0.25) is 0 Å². The van der Waals surface area contributed by atoms with Crippen LogP contribution < -0.4 is 5.32 Å². The van der Waals surface area contributed by atoms with Crippen molar-refractivity contribution >= 4 is 0 Å². The molecule has 0 spiro atoms. The molecule has 0 radical (unpaired) electrons.